The molecule has 0 saturated carbocycles. The predicted octanol–water partition coefficient (Wildman–Crippen LogP) is 5.09. The maximum Gasteiger partial charge on any atom is 0.122 e. The van der Waals surface area contributed by atoms with Gasteiger partial charge in [0.2, 0.25) is 0 Å². The van der Waals surface area contributed by atoms with Gasteiger partial charge in [0, 0.05) is 5.92 Å². The average Bonchev–Trinajstić information content (AvgIpc) is 2.50. The van der Waals surface area contributed by atoms with Crippen molar-refractivity contribution in [3.63, 3.8) is 0 Å². The summed E-state index contributed by atoms with van der Waals surface area (Å²) in [6, 6.07) is 8.76. The summed E-state index contributed by atoms with van der Waals surface area (Å²) in [7, 11) is 3.45. The molecule has 0 fully saturated rings. The second kappa shape index (κ2) is 6.43. The third-order valence-electron chi connectivity index (χ3n) is 4.50. The molecule has 0 bridgehead atoms. The zero-order valence-corrected chi connectivity index (χ0v) is 14.7. The Bertz CT molecular complexity index is 627. The molecule has 2 nitrogen and oxygen atoms in total. The third kappa shape index (κ3) is 2.96. The van der Waals surface area contributed by atoms with Crippen molar-refractivity contribution in [3.05, 3.63) is 57.6 Å². The number of hydrogen-bond donors (Lipinski definition) is 0. The fraction of sp³-hybridized carbons (Fsp3) is 0.400. The number of hydrogen-bond acceptors (Lipinski definition) is 2. The van der Waals surface area contributed by atoms with E-state index in [4.69, 9.17) is 9.47 Å². The van der Waals surface area contributed by atoms with Crippen molar-refractivity contribution in [1.82, 2.24) is 0 Å². The van der Waals surface area contributed by atoms with Gasteiger partial charge in [-0.05, 0) is 73.2 Å². The first-order chi connectivity index (χ1) is 10.4. The number of ether oxygens (including phenoxy) is 2. The molecule has 2 rings (SSSR count). The van der Waals surface area contributed by atoms with Crippen LogP contribution in [0, 0.1) is 27.7 Å². The van der Waals surface area contributed by atoms with Crippen molar-refractivity contribution in [2.24, 2.45) is 0 Å². The summed E-state index contributed by atoms with van der Waals surface area (Å²) >= 11 is 0. The van der Waals surface area contributed by atoms with Gasteiger partial charge in [-0.2, -0.15) is 0 Å². The topological polar surface area (TPSA) is 18.5 Å². The quantitative estimate of drug-likeness (QED) is 0.782. The van der Waals surface area contributed by atoms with E-state index in [1.54, 1.807) is 14.2 Å². The summed E-state index contributed by atoms with van der Waals surface area (Å²) in [4.78, 5) is 0. The summed E-state index contributed by atoms with van der Waals surface area (Å²) in [5.74, 6) is 2.25. The molecule has 2 aromatic rings. The molecule has 0 radical (unpaired) electrons. The summed E-state index contributed by atoms with van der Waals surface area (Å²) in [5.41, 5.74) is 7.60. The molecule has 0 aliphatic rings. The SMILES string of the molecule is COc1cc(C)c(C(C)c2cc(C)c(OC)cc2C)cc1C. The standard InChI is InChI=1S/C20H26O2/c1-12-10-19(21-6)14(3)8-17(12)16(5)18-9-15(4)20(22-7)11-13(18)2/h8-11,16H,1-7H3. The molecule has 0 saturated heterocycles. The Morgan fingerprint density at radius 2 is 1.00 bits per heavy atom. The molecule has 0 aliphatic heterocycles. The Kier molecular flexibility index (Phi) is 4.80. The van der Waals surface area contributed by atoms with Crippen LogP contribution in [0.2, 0.25) is 0 Å². The van der Waals surface area contributed by atoms with E-state index in [9.17, 15) is 0 Å². The molecular weight excluding hydrogens is 272 g/mol. The van der Waals surface area contributed by atoms with Crippen LogP contribution in [0.3, 0.4) is 0 Å². The van der Waals surface area contributed by atoms with E-state index in [0.29, 0.717) is 5.92 Å². The molecule has 118 valence electrons. The van der Waals surface area contributed by atoms with Gasteiger partial charge in [-0.3, -0.25) is 0 Å². The Labute approximate surface area is 134 Å². The van der Waals surface area contributed by atoms with Crippen LogP contribution in [0.25, 0.3) is 0 Å². The largest absolute Gasteiger partial charge is 0.496 e. The monoisotopic (exact) mass is 298 g/mol. The van der Waals surface area contributed by atoms with Crippen LogP contribution in [0.5, 0.6) is 11.5 Å². The number of rotatable bonds is 4. The van der Waals surface area contributed by atoms with Gasteiger partial charge in [-0.15, -0.1) is 0 Å². The van der Waals surface area contributed by atoms with Crippen molar-refractivity contribution in [3.8, 4) is 11.5 Å². The maximum absolute atomic E-state index is 5.42. The molecule has 22 heavy (non-hydrogen) atoms. The molecule has 0 heterocycles. The van der Waals surface area contributed by atoms with Crippen LogP contribution in [0.1, 0.15) is 46.2 Å². The molecule has 0 unspecified atom stereocenters. The van der Waals surface area contributed by atoms with Gasteiger partial charge in [-0.25, -0.2) is 0 Å². The van der Waals surface area contributed by atoms with Crippen molar-refractivity contribution >= 4 is 0 Å². The predicted molar refractivity (Wildman–Crippen MR) is 92.5 cm³/mol. The minimum Gasteiger partial charge on any atom is -0.496 e. The van der Waals surface area contributed by atoms with E-state index < -0.39 is 0 Å². The van der Waals surface area contributed by atoms with Gasteiger partial charge in [0.25, 0.3) is 0 Å². The summed E-state index contributed by atoms with van der Waals surface area (Å²) in [6.45, 7) is 10.8. The van der Waals surface area contributed by atoms with Crippen molar-refractivity contribution in [1.29, 1.82) is 0 Å². The first-order valence-corrected chi connectivity index (χ1v) is 7.69. The highest BCUT2D eigenvalue weighted by molar-refractivity contribution is 5.50. The first-order valence-electron chi connectivity index (χ1n) is 7.69. The second-order valence-corrected chi connectivity index (χ2v) is 6.08. The fourth-order valence-electron chi connectivity index (χ4n) is 3.16. The van der Waals surface area contributed by atoms with Gasteiger partial charge in [0.1, 0.15) is 11.5 Å². The number of aryl methyl sites for hydroxylation is 4. The van der Waals surface area contributed by atoms with Crippen LogP contribution < -0.4 is 9.47 Å². The van der Waals surface area contributed by atoms with Gasteiger partial charge in [0.15, 0.2) is 0 Å². The first kappa shape index (κ1) is 16.4. The Morgan fingerprint density at radius 3 is 1.32 bits per heavy atom. The lowest BCUT2D eigenvalue weighted by molar-refractivity contribution is 0.411. The molecule has 0 aromatic heterocycles. The average molecular weight is 298 g/mol. The highest BCUT2D eigenvalue weighted by atomic mass is 16.5. The molecule has 2 heteroatoms. The fourth-order valence-corrected chi connectivity index (χ4v) is 3.16. The van der Waals surface area contributed by atoms with E-state index >= 15 is 0 Å². The molecule has 0 aliphatic carbocycles. The van der Waals surface area contributed by atoms with Gasteiger partial charge >= 0.3 is 0 Å². The second-order valence-electron chi connectivity index (χ2n) is 6.08. The minimum absolute atomic E-state index is 0.342. The van der Waals surface area contributed by atoms with Gasteiger partial charge < -0.3 is 9.47 Å². The normalized spacial score (nSPS) is 10.9. The van der Waals surface area contributed by atoms with Crippen molar-refractivity contribution in [2.75, 3.05) is 14.2 Å². The number of benzene rings is 2. The summed E-state index contributed by atoms with van der Waals surface area (Å²) in [6.07, 6.45) is 0. The van der Waals surface area contributed by atoms with Crippen LogP contribution in [0.15, 0.2) is 24.3 Å². The van der Waals surface area contributed by atoms with E-state index in [2.05, 4.69) is 58.9 Å². The smallest absolute Gasteiger partial charge is 0.122 e. The molecule has 0 amide bonds. The highest BCUT2D eigenvalue weighted by Gasteiger charge is 2.16. The minimum atomic E-state index is 0.342. The van der Waals surface area contributed by atoms with E-state index in [1.165, 1.54) is 33.4 Å². The maximum atomic E-state index is 5.42. The van der Waals surface area contributed by atoms with Crippen molar-refractivity contribution < 1.29 is 9.47 Å². The van der Waals surface area contributed by atoms with Crippen LogP contribution in [0.4, 0.5) is 0 Å². The van der Waals surface area contributed by atoms with Crippen molar-refractivity contribution in [2.45, 2.75) is 40.5 Å². The number of methoxy groups -OCH3 is 2. The zero-order valence-electron chi connectivity index (χ0n) is 14.7. The Hall–Kier alpha value is -1.96. The molecule has 0 atom stereocenters. The van der Waals surface area contributed by atoms with Crippen LogP contribution in [-0.4, -0.2) is 14.2 Å². The highest BCUT2D eigenvalue weighted by Crippen LogP contribution is 2.35. The van der Waals surface area contributed by atoms with Gasteiger partial charge in [-0.1, -0.05) is 19.1 Å². The Balaban J connectivity index is 2.51. The Morgan fingerprint density at radius 1 is 0.636 bits per heavy atom. The third-order valence-corrected chi connectivity index (χ3v) is 4.50. The van der Waals surface area contributed by atoms with Crippen LogP contribution >= 0.6 is 0 Å². The lowest BCUT2D eigenvalue weighted by Crippen LogP contribution is -2.04. The lowest BCUT2D eigenvalue weighted by Gasteiger charge is -2.21. The van der Waals surface area contributed by atoms with E-state index in [1.807, 2.05) is 0 Å². The van der Waals surface area contributed by atoms with E-state index in [-0.39, 0.29) is 0 Å². The molecule has 2 aromatic carbocycles. The summed E-state index contributed by atoms with van der Waals surface area (Å²) in [5, 5.41) is 0. The summed E-state index contributed by atoms with van der Waals surface area (Å²) < 4.78 is 10.8. The molecule has 0 N–H and O–H groups in total. The zero-order chi connectivity index (χ0) is 16.4. The molecule has 0 spiro atoms. The van der Waals surface area contributed by atoms with E-state index in [0.717, 1.165) is 11.5 Å². The van der Waals surface area contributed by atoms with Crippen LogP contribution in [-0.2, 0) is 0 Å². The lowest BCUT2D eigenvalue weighted by atomic mass is 9.85. The molecular formula is C20H26O2. The van der Waals surface area contributed by atoms with Gasteiger partial charge in [0.05, 0.1) is 14.2 Å².